The average molecular weight is 492 g/mol. The third kappa shape index (κ3) is 4.37. The molecule has 2 N–H and O–H groups in total. The van der Waals surface area contributed by atoms with Gasteiger partial charge in [-0.2, -0.15) is 0 Å². The second kappa shape index (κ2) is 9.47. The van der Waals surface area contributed by atoms with Crippen molar-refractivity contribution in [3.63, 3.8) is 0 Å². The molecule has 3 aromatic carbocycles. The summed E-state index contributed by atoms with van der Waals surface area (Å²) in [5, 5.41) is 22.0. The molecule has 1 aliphatic rings. The van der Waals surface area contributed by atoms with Gasteiger partial charge >= 0.3 is 0 Å². The van der Waals surface area contributed by atoms with Crippen LogP contribution in [0.3, 0.4) is 0 Å². The number of halogens is 1. The Morgan fingerprint density at radius 2 is 1.69 bits per heavy atom. The van der Waals surface area contributed by atoms with Gasteiger partial charge in [0, 0.05) is 16.3 Å². The number of nitrogens with zero attached hydrogens (tertiary/aromatic N) is 1. The third-order valence-electron chi connectivity index (χ3n) is 6.26. The Labute approximate surface area is 209 Å². The van der Waals surface area contributed by atoms with E-state index in [-0.39, 0.29) is 22.8 Å². The van der Waals surface area contributed by atoms with Crippen LogP contribution in [0.1, 0.15) is 40.8 Å². The minimum atomic E-state index is -0.963. The molecule has 0 saturated carbocycles. The smallest absolute Gasteiger partial charge is 0.300 e. The van der Waals surface area contributed by atoms with Gasteiger partial charge < -0.3 is 14.9 Å². The molecule has 1 heterocycles. The minimum absolute atomic E-state index is 0.0527. The summed E-state index contributed by atoms with van der Waals surface area (Å²) in [5.74, 6) is -1.73. The number of hydrogen-bond acceptors (Lipinski definition) is 5. The molecule has 0 aromatic heterocycles. The van der Waals surface area contributed by atoms with E-state index in [0.717, 1.165) is 16.7 Å². The van der Waals surface area contributed by atoms with Crippen molar-refractivity contribution in [2.45, 2.75) is 33.7 Å². The molecule has 1 amide bonds. The van der Waals surface area contributed by atoms with Gasteiger partial charge in [0.05, 0.1) is 18.2 Å². The number of amides is 1. The molecule has 1 unspecified atom stereocenters. The van der Waals surface area contributed by atoms with E-state index in [1.165, 1.54) is 11.0 Å². The van der Waals surface area contributed by atoms with Crippen molar-refractivity contribution in [2.24, 2.45) is 0 Å². The second-order valence-electron chi connectivity index (χ2n) is 8.56. The van der Waals surface area contributed by atoms with E-state index in [0.29, 0.717) is 28.4 Å². The number of aliphatic hydroxyl groups is 1. The summed E-state index contributed by atoms with van der Waals surface area (Å²) in [6.07, 6.45) is 0. The maximum atomic E-state index is 13.3. The van der Waals surface area contributed by atoms with Crippen molar-refractivity contribution >= 4 is 34.7 Å². The average Bonchev–Trinajstić information content (AvgIpc) is 3.09. The maximum Gasteiger partial charge on any atom is 0.300 e. The number of aromatic hydroxyl groups is 1. The minimum Gasteiger partial charge on any atom is -0.507 e. The Morgan fingerprint density at radius 1 is 0.971 bits per heavy atom. The van der Waals surface area contributed by atoms with Crippen LogP contribution in [0.5, 0.6) is 11.5 Å². The van der Waals surface area contributed by atoms with Gasteiger partial charge in [-0.3, -0.25) is 14.5 Å². The maximum absolute atomic E-state index is 13.3. The number of ether oxygens (including phenoxy) is 1. The number of Topliss-reactive ketones (excluding diaryl/α,β-unsaturated/α-hetero) is 1. The molecule has 7 heteroatoms. The largest absolute Gasteiger partial charge is 0.507 e. The first-order valence-corrected chi connectivity index (χ1v) is 11.6. The van der Waals surface area contributed by atoms with Gasteiger partial charge in [-0.05, 0) is 80.3 Å². The first-order chi connectivity index (χ1) is 16.6. The first-order valence-electron chi connectivity index (χ1n) is 11.2. The number of aliphatic hydroxyl groups excluding tert-OH is 1. The number of phenolic OH excluding ortho intramolecular Hbond substituents is 1. The molecule has 3 aromatic rings. The van der Waals surface area contributed by atoms with Gasteiger partial charge in [-0.15, -0.1) is 0 Å². The normalized spacial score (nSPS) is 17.2. The van der Waals surface area contributed by atoms with Crippen LogP contribution < -0.4 is 9.64 Å². The van der Waals surface area contributed by atoms with Crippen LogP contribution in [0.4, 0.5) is 5.69 Å². The number of carbonyl (C=O) groups excluding carboxylic acids is 2. The summed E-state index contributed by atoms with van der Waals surface area (Å²) in [7, 11) is 0. The SMILES string of the molecule is CCOc1cc(C2/C(=C(\O)c3ccc(C)c(C)c3)C(=O)C(=O)N2c2ccc(C)c(Cl)c2)ccc1O. The van der Waals surface area contributed by atoms with Gasteiger partial charge in [0.15, 0.2) is 11.5 Å². The summed E-state index contributed by atoms with van der Waals surface area (Å²) < 4.78 is 5.54. The lowest BCUT2D eigenvalue weighted by molar-refractivity contribution is -0.132. The molecule has 0 bridgehead atoms. The van der Waals surface area contributed by atoms with E-state index in [4.69, 9.17) is 16.3 Å². The predicted octanol–water partition coefficient (Wildman–Crippen LogP) is 6.00. The van der Waals surface area contributed by atoms with E-state index in [1.807, 2.05) is 26.8 Å². The number of ketones is 1. The molecular weight excluding hydrogens is 466 g/mol. The van der Waals surface area contributed by atoms with Gasteiger partial charge in [0.25, 0.3) is 11.7 Å². The van der Waals surface area contributed by atoms with Gasteiger partial charge in [-0.25, -0.2) is 0 Å². The fourth-order valence-corrected chi connectivity index (χ4v) is 4.34. The molecule has 1 fully saturated rings. The highest BCUT2D eigenvalue weighted by Crippen LogP contribution is 2.44. The van der Waals surface area contributed by atoms with E-state index < -0.39 is 17.7 Å². The molecule has 1 aliphatic heterocycles. The fourth-order valence-electron chi connectivity index (χ4n) is 4.16. The lowest BCUT2D eigenvalue weighted by Crippen LogP contribution is -2.29. The van der Waals surface area contributed by atoms with Crippen LogP contribution >= 0.6 is 11.6 Å². The summed E-state index contributed by atoms with van der Waals surface area (Å²) >= 11 is 6.35. The molecule has 6 nitrogen and oxygen atoms in total. The Morgan fingerprint density at radius 3 is 2.34 bits per heavy atom. The molecule has 4 rings (SSSR count). The Balaban J connectivity index is 1.98. The highest BCUT2D eigenvalue weighted by molar-refractivity contribution is 6.51. The van der Waals surface area contributed by atoms with E-state index in [9.17, 15) is 19.8 Å². The van der Waals surface area contributed by atoms with Crippen molar-refractivity contribution in [3.05, 3.63) is 93.0 Å². The molecule has 1 saturated heterocycles. The van der Waals surface area contributed by atoms with E-state index in [1.54, 1.807) is 49.4 Å². The fraction of sp³-hybridized carbons (Fsp3) is 0.214. The van der Waals surface area contributed by atoms with Crippen molar-refractivity contribution in [1.82, 2.24) is 0 Å². The van der Waals surface area contributed by atoms with Crippen LogP contribution in [-0.2, 0) is 9.59 Å². The molecule has 0 radical (unpaired) electrons. The zero-order chi connectivity index (χ0) is 25.4. The first kappa shape index (κ1) is 24.4. The number of rotatable bonds is 5. The Bertz CT molecular complexity index is 1380. The van der Waals surface area contributed by atoms with Crippen LogP contribution in [-0.4, -0.2) is 28.5 Å². The molecule has 35 heavy (non-hydrogen) atoms. The molecule has 0 aliphatic carbocycles. The zero-order valence-corrected chi connectivity index (χ0v) is 20.7. The number of carbonyl (C=O) groups is 2. The standard InChI is InChI=1S/C28H26ClNO5/c1-5-35-23-13-18(9-11-22(23)31)25-24(26(32)19-8-6-15(2)17(4)12-19)27(33)28(34)30(25)20-10-7-16(3)21(29)14-20/h6-14,25,31-32H,5H2,1-4H3/b26-24+. The summed E-state index contributed by atoms with van der Waals surface area (Å²) in [6, 6.07) is 14.1. The lowest BCUT2D eigenvalue weighted by Gasteiger charge is -2.26. The van der Waals surface area contributed by atoms with Crippen molar-refractivity contribution in [2.75, 3.05) is 11.5 Å². The number of anilines is 1. The van der Waals surface area contributed by atoms with Crippen LogP contribution in [0, 0.1) is 20.8 Å². The number of aryl methyl sites for hydroxylation is 3. The van der Waals surface area contributed by atoms with Gasteiger partial charge in [0.1, 0.15) is 5.76 Å². The van der Waals surface area contributed by atoms with Crippen molar-refractivity contribution in [3.8, 4) is 11.5 Å². The van der Waals surface area contributed by atoms with Crippen molar-refractivity contribution < 1.29 is 24.5 Å². The molecule has 0 spiro atoms. The summed E-state index contributed by atoms with van der Waals surface area (Å²) in [5.41, 5.74) is 4.08. The van der Waals surface area contributed by atoms with Crippen molar-refractivity contribution in [1.29, 1.82) is 0 Å². The van der Waals surface area contributed by atoms with Crippen LogP contribution in [0.15, 0.2) is 60.2 Å². The monoisotopic (exact) mass is 491 g/mol. The Kier molecular flexibility index (Phi) is 6.59. The number of phenols is 1. The zero-order valence-electron chi connectivity index (χ0n) is 19.9. The third-order valence-corrected chi connectivity index (χ3v) is 6.67. The van der Waals surface area contributed by atoms with E-state index in [2.05, 4.69) is 0 Å². The molecular formula is C28H26ClNO5. The quantitative estimate of drug-likeness (QED) is 0.260. The van der Waals surface area contributed by atoms with E-state index >= 15 is 0 Å². The number of benzene rings is 3. The topological polar surface area (TPSA) is 87.1 Å². The summed E-state index contributed by atoms with van der Waals surface area (Å²) in [4.78, 5) is 28.0. The highest BCUT2D eigenvalue weighted by Gasteiger charge is 2.47. The lowest BCUT2D eigenvalue weighted by atomic mass is 9.94. The number of hydrogen-bond donors (Lipinski definition) is 2. The molecule has 180 valence electrons. The van der Waals surface area contributed by atoms with Crippen LogP contribution in [0.25, 0.3) is 5.76 Å². The summed E-state index contributed by atoms with van der Waals surface area (Å²) in [6.45, 7) is 7.79. The Hall–Kier alpha value is -3.77. The highest BCUT2D eigenvalue weighted by atomic mass is 35.5. The van der Waals surface area contributed by atoms with Gasteiger partial charge in [-0.1, -0.05) is 35.9 Å². The molecule has 1 atom stereocenters. The van der Waals surface area contributed by atoms with Gasteiger partial charge in [0.2, 0.25) is 0 Å². The second-order valence-corrected chi connectivity index (χ2v) is 8.97. The predicted molar refractivity (Wildman–Crippen MR) is 136 cm³/mol. The van der Waals surface area contributed by atoms with Crippen LogP contribution in [0.2, 0.25) is 5.02 Å².